The van der Waals surface area contributed by atoms with Gasteiger partial charge in [0, 0.05) is 0 Å². The topological polar surface area (TPSA) is 80.1 Å². The van der Waals surface area contributed by atoms with Gasteiger partial charge in [-0.25, -0.2) is 4.79 Å². The van der Waals surface area contributed by atoms with Crippen molar-refractivity contribution in [3.05, 3.63) is 6.58 Å². The van der Waals surface area contributed by atoms with Gasteiger partial charge in [0.2, 0.25) is 0 Å². The lowest BCUT2D eigenvalue weighted by atomic mass is 11.2. The maximum atomic E-state index is 8.57. The van der Waals surface area contributed by atoms with E-state index in [1.54, 1.807) is 0 Å². The lowest BCUT2D eigenvalue weighted by Gasteiger charge is -1.02. The molecule has 3 nitrogen and oxygen atoms in total. The Bertz CT molecular complexity index is 25.9. The summed E-state index contributed by atoms with van der Waals surface area (Å²) in [4.78, 5) is 8.57. The van der Waals surface area contributed by atoms with E-state index < -0.39 is 0 Å². The number of carbonyl (C=O) groups excluding carboxylic acids is 1. The summed E-state index contributed by atoms with van der Waals surface area (Å²) in [7, 11) is 0. The first-order chi connectivity index (χ1) is 1.41. The third-order valence-electron chi connectivity index (χ3n) is 0. The number of hydrogen-bond donors (Lipinski definition) is 0. The van der Waals surface area contributed by atoms with Crippen LogP contribution in [0.4, 0.5) is 0 Å². The van der Waals surface area contributed by atoms with Crippen molar-refractivity contribution < 1.29 is 15.7 Å². The zero-order valence-corrected chi connectivity index (χ0v) is 2.62. The lowest BCUT2D eigenvalue weighted by Crippen LogP contribution is -1.15. The van der Waals surface area contributed by atoms with Gasteiger partial charge in [-0.15, -0.1) is 0 Å². The molecular formula is C2H6O3. The van der Waals surface area contributed by atoms with Crippen LogP contribution in [-0.4, -0.2) is 16.9 Å². The summed E-state index contributed by atoms with van der Waals surface area (Å²) in [5, 5.41) is 0. The molecule has 0 spiro atoms. The highest BCUT2D eigenvalue weighted by atomic mass is 16.1. The maximum absolute atomic E-state index is 8.57. The van der Waals surface area contributed by atoms with Crippen LogP contribution >= 0.6 is 0 Å². The van der Waals surface area contributed by atoms with Gasteiger partial charge >= 0.3 is 0 Å². The van der Waals surface area contributed by atoms with Crippen molar-refractivity contribution in [2.45, 2.75) is 0 Å². The largest absolute Gasteiger partial charge is 0.412 e. The van der Waals surface area contributed by atoms with Crippen LogP contribution in [0.15, 0.2) is 6.58 Å². The zero-order chi connectivity index (χ0) is 2.71. The van der Waals surface area contributed by atoms with E-state index in [1.807, 2.05) is 0 Å². The van der Waals surface area contributed by atoms with Crippen molar-refractivity contribution in [2.24, 2.45) is 0 Å². The van der Waals surface area contributed by atoms with Gasteiger partial charge in [0.05, 0.1) is 0 Å². The lowest BCUT2D eigenvalue weighted by molar-refractivity contribution is 0.569. The zero-order valence-electron chi connectivity index (χ0n) is 2.62. The molecule has 0 saturated carbocycles. The van der Waals surface area contributed by atoms with Gasteiger partial charge in [-0.2, -0.15) is 0 Å². The summed E-state index contributed by atoms with van der Waals surface area (Å²) in [6, 6.07) is 0. The van der Waals surface area contributed by atoms with Crippen LogP contribution in [0, 0.1) is 0 Å². The Kier molecular flexibility index (Phi) is 731. The molecule has 0 fully saturated rings. The highest BCUT2D eigenvalue weighted by Gasteiger charge is 1.01. The second-order valence-electron chi connectivity index (χ2n) is 0.144. The van der Waals surface area contributed by atoms with Gasteiger partial charge in [-0.05, 0) is 6.58 Å². The van der Waals surface area contributed by atoms with Crippen molar-refractivity contribution in [3.63, 3.8) is 0 Å². The molecule has 0 aromatic heterocycles. The molecule has 0 amide bonds. The third kappa shape index (κ3) is 15.9. The van der Waals surface area contributed by atoms with Crippen LogP contribution < -0.4 is 0 Å². The molecule has 0 radical (unpaired) electrons. The molecular weight excluding hydrogens is 72.0 g/mol. The molecule has 4 N–H and O–H groups in total. The fourth-order valence-corrected chi connectivity index (χ4v) is 0. The van der Waals surface area contributed by atoms with Gasteiger partial charge in [0.25, 0.3) is 0 Å². The minimum absolute atomic E-state index is 0. The van der Waals surface area contributed by atoms with Gasteiger partial charge in [-0.1, -0.05) is 0 Å². The quantitative estimate of drug-likeness (QED) is 0.320. The normalized spacial score (nSPS) is 1.60. The van der Waals surface area contributed by atoms with Crippen molar-refractivity contribution in [2.75, 3.05) is 0 Å². The molecule has 3 heteroatoms. The first-order valence-corrected chi connectivity index (χ1v) is 0.558. The molecule has 0 aliphatic heterocycles. The maximum Gasteiger partial charge on any atom is 0.116 e. The smallest absolute Gasteiger partial charge is 0.116 e. The van der Waals surface area contributed by atoms with Crippen LogP contribution in [0.3, 0.4) is 0 Å². The Morgan fingerprint density at radius 3 is 1.40 bits per heavy atom. The average molecular weight is 78.1 g/mol. The molecule has 0 rings (SSSR count). The van der Waals surface area contributed by atoms with Crippen LogP contribution in [0.5, 0.6) is 0 Å². The molecule has 5 heavy (non-hydrogen) atoms. The minimum atomic E-state index is 0. The average Bonchev–Trinajstić information content (AvgIpc) is 0.918. The van der Waals surface area contributed by atoms with E-state index in [1.165, 1.54) is 5.94 Å². The summed E-state index contributed by atoms with van der Waals surface area (Å²) in [6.07, 6.45) is 0. The van der Waals surface area contributed by atoms with Crippen LogP contribution in [-0.2, 0) is 4.79 Å². The standard InChI is InChI=1S/C2H2O.2H2O/c1-2-3;;/h1H2;2*1H2. The second kappa shape index (κ2) is 138. The molecule has 0 atom stereocenters. The number of hydrogen-bond acceptors (Lipinski definition) is 1. The highest BCUT2D eigenvalue weighted by Crippen LogP contribution is 0.894. The summed E-state index contributed by atoms with van der Waals surface area (Å²) in [5.74, 6) is 1.25. The predicted octanol–water partition coefficient (Wildman–Crippen LogP) is -1.65. The Labute approximate surface area is 29.5 Å². The third-order valence-corrected chi connectivity index (χ3v) is 0. The molecule has 0 aliphatic rings. The van der Waals surface area contributed by atoms with Gasteiger partial charge < -0.3 is 11.0 Å². The Hall–Kier alpha value is -0.630. The summed E-state index contributed by atoms with van der Waals surface area (Å²) in [5.41, 5.74) is 0. The minimum Gasteiger partial charge on any atom is -0.412 e. The Morgan fingerprint density at radius 2 is 1.40 bits per heavy atom. The summed E-state index contributed by atoms with van der Waals surface area (Å²) in [6.45, 7) is 2.68. The SMILES string of the molecule is C=C=O.O.O. The molecule has 0 aromatic carbocycles. The molecule has 32 valence electrons. The van der Waals surface area contributed by atoms with Gasteiger partial charge in [0.1, 0.15) is 5.94 Å². The fourth-order valence-electron chi connectivity index (χ4n) is 0. The van der Waals surface area contributed by atoms with Crippen molar-refractivity contribution >= 4 is 5.94 Å². The van der Waals surface area contributed by atoms with Crippen LogP contribution in [0.2, 0.25) is 0 Å². The summed E-state index contributed by atoms with van der Waals surface area (Å²) >= 11 is 0. The van der Waals surface area contributed by atoms with E-state index >= 15 is 0 Å². The molecule has 0 heterocycles. The molecule has 0 unspecified atom stereocenters. The van der Waals surface area contributed by atoms with Crippen LogP contribution in [0.25, 0.3) is 0 Å². The molecule has 0 aliphatic carbocycles. The molecule has 0 saturated heterocycles. The fraction of sp³-hybridized carbons (Fsp3) is 0. The first kappa shape index (κ1) is 26.4. The van der Waals surface area contributed by atoms with E-state index in [-0.39, 0.29) is 11.0 Å². The Morgan fingerprint density at radius 1 is 1.40 bits per heavy atom. The molecule has 0 aromatic rings. The first-order valence-electron chi connectivity index (χ1n) is 0.558. The van der Waals surface area contributed by atoms with Crippen molar-refractivity contribution in [1.82, 2.24) is 0 Å². The molecule has 0 bridgehead atoms. The van der Waals surface area contributed by atoms with E-state index in [4.69, 9.17) is 4.79 Å². The number of rotatable bonds is 0. The highest BCUT2D eigenvalue weighted by molar-refractivity contribution is 5.38. The van der Waals surface area contributed by atoms with Crippen molar-refractivity contribution in [3.8, 4) is 0 Å². The monoisotopic (exact) mass is 78.0 g/mol. The van der Waals surface area contributed by atoms with E-state index in [0.29, 0.717) is 0 Å². The predicted molar refractivity (Wildman–Crippen MR) is 18.5 cm³/mol. The Balaban J connectivity index is -0.0000000200. The van der Waals surface area contributed by atoms with Gasteiger partial charge in [-0.3, -0.25) is 0 Å². The van der Waals surface area contributed by atoms with Crippen LogP contribution in [0.1, 0.15) is 0 Å². The van der Waals surface area contributed by atoms with E-state index in [0.717, 1.165) is 0 Å². The van der Waals surface area contributed by atoms with Crippen molar-refractivity contribution in [1.29, 1.82) is 0 Å². The van der Waals surface area contributed by atoms with Gasteiger partial charge in [0.15, 0.2) is 0 Å². The van der Waals surface area contributed by atoms with E-state index in [9.17, 15) is 0 Å². The second-order valence-corrected chi connectivity index (χ2v) is 0.144. The van der Waals surface area contributed by atoms with E-state index in [2.05, 4.69) is 6.58 Å². The summed E-state index contributed by atoms with van der Waals surface area (Å²) < 4.78 is 0.